The van der Waals surface area contributed by atoms with Gasteiger partial charge < -0.3 is 14.6 Å². The summed E-state index contributed by atoms with van der Waals surface area (Å²) in [6.07, 6.45) is 0.452. The summed E-state index contributed by atoms with van der Waals surface area (Å²) in [5.41, 5.74) is 0. The number of carbonyl (C=O) groups is 1. The number of hydrogen-bond donors (Lipinski definition) is 1. The molecule has 5 heteroatoms. The van der Waals surface area contributed by atoms with Gasteiger partial charge >= 0.3 is 5.97 Å². The maximum absolute atomic E-state index is 11.2. The largest absolute Gasteiger partial charge is 0.468 e. The molecule has 1 N–H and O–H groups in total. The van der Waals surface area contributed by atoms with Crippen LogP contribution in [0.15, 0.2) is 0 Å². The number of nitrogens with zero attached hydrogens (tertiary/aromatic N) is 1. The number of methoxy groups -OCH3 is 1. The molecule has 5 nitrogen and oxygen atoms in total. The van der Waals surface area contributed by atoms with Gasteiger partial charge in [0.1, 0.15) is 0 Å². The third-order valence-corrected chi connectivity index (χ3v) is 2.21. The fraction of sp³-hybridized carbons (Fsp3) is 0.917. The van der Waals surface area contributed by atoms with Gasteiger partial charge in [0.2, 0.25) is 0 Å². The maximum atomic E-state index is 11.2. The molecule has 0 aliphatic rings. The molecule has 0 aliphatic heterocycles. The Balaban J connectivity index is 4.00. The van der Waals surface area contributed by atoms with E-state index in [-0.39, 0.29) is 18.6 Å². The van der Waals surface area contributed by atoms with Crippen molar-refractivity contribution < 1.29 is 19.4 Å². The van der Waals surface area contributed by atoms with Gasteiger partial charge in [-0.2, -0.15) is 0 Å². The summed E-state index contributed by atoms with van der Waals surface area (Å²) in [5.74, 6) is -0.282. The molecule has 1 unspecified atom stereocenters. The third-order valence-electron chi connectivity index (χ3n) is 2.21. The molecule has 102 valence electrons. The first-order chi connectivity index (χ1) is 7.99. The molecule has 17 heavy (non-hydrogen) atoms. The van der Waals surface area contributed by atoms with Gasteiger partial charge in [0, 0.05) is 6.54 Å². The lowest BCUT2D eigenvalue weighted by molar-refractivity contribution is -0.142. The standard InChI is InChI=1S/C12H25NO4/c1-5-6-13(8-12(15)16-4)7-11(14)9-17-10(2)3/h10-11,14H,5-9H2,1-4H3. The first-order valence-electron chi connectivity index (χ1n) is 6.08. The molecule has 0 amide bonds. The van der Waals surface area contributed by atoms with Gasteiger partial charge in [-0.1, -0.05) is 6.92 Å². The molecule has 0 radical (unpaired) electrons. The van der Waals surface area contributed by atoms with Crippen LogP contribution in [-0.4, -0.2) is 61.5 Å². The zero-order chi connectivity index (χ0) is 13.3. The van der Waals surface area contributed by atoms with Crippen LogP contribution in [0.25, 0.3) is 0 Å². The van der Waals surface area contributed by atoms with E-state index in [1.807, 2.05) is 25.7 Å². The molecule has 0 heterocycles. The van der Waals surface area contributed by atoms with Gasteiger partial charge in [0.25, 0.3) is 0 Å². The van der Waals surface area contributed by atoms with E-state index >= 15 is 0 Å². The maximum Gasteiger partial charge on any atom is 0.319 e. The van der Waals surface area contributed by atoms with Gasteiger partial charge in [-0.05, 0) is 26.8 Å². The fourth-order valence-corrected chi connectivity index (χ4v) is 1.45. The highest BCUT2D eigenvalue weighted by molar-refractivity contribution is 5.71. The second kappa shape index (κ2) is 9.39. The average Bonchev–Trinajstić information content (AvgIpc) is 2.26. The van der Waals surface area contributed by atoms with Crippen molar-refractivity contribution in [1.29, 1.82) is 0 Å². The zero-order valence-electron chi connectivity index (χ0n) is 11.3. The molecule has 1 atom stereocenters. The first-order valence-corrected chi connectivity index (χ1v) is 6.08. The minimum absolute atomic E-state index is 0.102. The van der Waals surface area contributed by atoms with Gasteiger partial charge in [0.15, 0.2) is 0 Å². The highest BCUT2D eigenvalue weighted by Gasteiger charge is 2.15. The Bertz CT molecular complexity index is 209. The molecule has 0 fully saturated rings. The monoisotopic (exact) mass is 247 g/mol. The van der Waals surface area contributed by atoms with E-state index in [4.69, 9.17) is 4.74 Å². The van der Waals surface area contributed by atoms with E-state index in [9.17, 15) is 9.90 Å². The van der Waals surface area contributed by atoms with Crippen molar-refractivity contribution in [3.63, 3.8) is 0 Å². The van der Waals surface area contributed by atoms with Crippen molar-refractivity contribution in [2.24, 2.45) is 0 Å². The first kappa shape index (κ1) is 16.4. The predicted molar refractivity (Wildman–Crippen MR) is 65.8 cm³/mol. The topological polar surface area (TPSA) is 59.0 Å². The lowest BCUT2D eigenvalue weighted by Crippen LogP contribution is -2.39. The lowest BCUT2D eigenvalue weighted by Gasteiger charge is -2.23. The van der Waals surface area contributed by atoms with Gasteiger partial charge in [-0.25, -0.2) is 0 Å². The Morgan fingerprint density at radius 1 is 1.41 bits per heavy atom. The van der Waals surface area contributed by atoms with Crippen LogP contribution in [-0.2, 0) is 14.3 Å². The van der Waals surface area contributed by atoms with E-state index in [1.54, 1.807) is 0 Å². The van der Waals surface area contributed by atoms with Crippen molar-refractivity contribution in [3.8, 4) is 0 Å². The Morgan fingerprint density at radius 3 is 2.53 bits per heavy atom. The van der Waals surface area contributed by atoms with E-state index < -0.39 is 6.10 Å². The molecule has 0 spiro atoms. The molecule has 0 aliphatic carbocycles. The van der Waals surface area contributed by atoms with Crippen LogP contribution in [0.3, 0.4) is 0 Å². The number of rotatable bonds is 9. The number of ether oxygens (including phenoxy) is 2. The summed E-state index contributed by atoms with van der Waals surface area (Å²) in [5, 5.41) is 9.76. The molecule has 0 aromatic rings. The number of carbonyl (C=O) groups excluding carboxylic acids is 1. The number of aliphatic hydroxyl groups is 1. The fourth-order valence-electron chi connectivity index (χ4n) is 1.45. The van der Waals surface area contributed by atoms with Crippen LogP contribution >= 0.6 is 0 Å². The third kappa shape index (κ3) is 9.09. The second-order valence-electron chi connectivity index (χ2n) is 4.35. The van der Waals surface area contributed by atoms with Crippen LogP contribution in [0.1, 0.15) is 27.2 Å². The average molecular weight is 247 g/mol. The summed E-state index contributed by atoms with van der Waals surface area (Å²) in [6.45, 7) is 7.56. The summed E-state index contributed by atoms with van der Waals surface area (Å²) in [7, 11) is 1.37. The quantitative estimate of drug-likeness (QED) is 0.606. The normalized spacial score (nSPS) is 13.1. The van der Waals surface area contributed by atoms with Gasteiger partial charge in [0.05, 0.1) is 32.5 Å². The lowest BCUT2D eigenvalue weighted by atomic mass is 10.3. The Morgan fingerprint density at radius 2 is 2.06 bits per heavy atom. The van der Waals surface area contributed by atoms with Gasteiger partial charge in [-0.15, -0.1) is 0 Å². The summed E-state index contributed by atoms with van der Waals surface area (Å²) in [4.78, 5) is 13.0. The SMILES string of the molecule is CCCN(CC(=O)OC)CC(O)COC(C)C. The molecule has 0 aromatic carbocycles. The van der Waals surface area contributed by atoms with E-state index in [2.05, 4.69) is 4.74 Å². The molecule has 0 rings (SSSR count). The van der Waals surface area contributed by atoms with Crippen molar-refractivity contribution in [2.75, 3.05) is 33.4 Å². The number of esters is 1. The molecular formula is C12H25NO4. The minimum Gasteiger partial charge on any atom is -0.468 e. The van der Waals surface area contributed by atoms with Crippen LogP contribution < -0.4 is 0 Å². The van der Waals surface area contributed by atoms with Crippen LogP contribution in [0, 0.1) is 0 Å². The van der Waals surface area contributed by atoms with Crippen molar-refractivity contribution in [2.45, 2.75) is 39.4 Å². The Kier molecular flexibility index (Phi) is 9.03. The van der Waals surface area contributed by atoms with Crippen molar-refractivity contribution in [3.05, 3.63) is 0 Å². The Labute approximate surface area is 104 Å². The van der Waals surface area contributed by atoms with E-state index in [0.29, 0.717) is 13.2 Å². The van der Waals surface area contributed by atoms with E-state index in [0.717, 1.165) is 13.0 Å². The van der Waals surface area contributed by atoms with Crippen molar-refractivity contribution >= 4 is 5.97 Å². The van der Waals surface area contributed by atoms with Crippen LogP contribution in [0.2, 0.25) is 0 Å². The minimum atomic E-state index is -0.575. The Hall–Kier alpha value is -0.650. The summed E-state index contributed by atoms with van der Waals surface area (Å²) < 4.78 is 9.93. The zero-order valence-corrected chi connectivity index (χ0v) is 11.3. The molecule has 0 saturated heterocycles. The molecular weight excluding hydrogens is 222 g/mol. The number of aliphatic hydroxyl groups excluding tert-OH is 1. The number of hydrogen-bond acceptors (Lipinski definition) is 5. The van der Waals surface area contributed by atoms with E-state index in [1.165, 1.54) is 7.11 Å². The second-order valence-corrected chi connectivity index (χ2v) is 4.35. The summed E-state index contributed by atoms with van der Waals surface area (Å²) >= 11 is 0. The van der Waals surface area contributed by atoms with Crippen LogP contribution in [0.4, 0.5) is 0 Å². The highest BCUT2D eigenvalue weighted by atomic mass is 16.5. The predicted octanol–water partition coefficient (Wildman–Crippen LogP) is 0.657. The van der Waals surface area contributed by atoms with Crippen LogP contribution in [0.5, 0.6) is 0 Å². The smallest absolute Gasteiger partial charge is 0.319 e. The summed E-state index contributed by atoms with van der Waals surface area (Å²) in [6, 6.07) is 0. The van der Waals surface area contributed by atoms with Crippen molar-refractivity contribution in [1.82, 2.24) is 4.90 Å². The molecule has 0 bridgehead atoms. The molecule has 0 aromatic heterocycles. The highest BCUT2D eigenvalue weighted by Crippen LogP contribution is 1.98. The van der Waals surface area contributed by atoms with Gasteiger partial charge in [-0.3, -0.25) is 9.69 Å². The molecule has 0 saturated carbocycles.